The first kappa shape index (κ1) is 25.2. The lowest BCUT2D eigenvalue weighted by Gasteiger charge is -2.50. The van der Waals surface area contributed by atoms with Gasteiger partial charge >= 0.3 is 0 Å². The van der Waals surface area contributed by atoms with Crippen LogP contribution in [-0.2, 0) is 10.0 Å². The van der Waals surface area contributed by atoms with Crippen LogP contribution in [0, 0.1) is 11.6 Å². The summed E-state index contributed by atoms with van der Waals surface area (Å²) in [5, 5.41) is 2.09. The Kier molecular flexibility index (Phi) is 7.43. The minimum absolute atomic E-state index is 0.0306. The Hall–Kier alpha value is -1.43. The average Bonchev–Trinajstić information content (AvgIpc) is 2.76. The second kappa shape index (κ2) is 9.44. The van der Waals surface area contributed by atoms with E-state index >= 15 is 0 Å². The van der Waals surface area contributed by atoms with Gasteiger partial charge in [0.1, 0.15) is 11.4 Å². The summed E-state index contributed by atoms with van der Waals surface area (Å²) in [5.74, 6) is -6.14. The standard InChI is InChI=1S/C20H26ClF4N3O3S/c1-2-32(30,31)28-11-9-27(10-12-28)19(5-7-20(24,25)8-6-19)13-26-18(29)16-15(22)4-3-14(21)17(16)23/h3-4H,2,5-13H2,1H3,(H,26,29). The second-order valence-electron chi connectivity index (χ2n) is 8.27. The number of alkyl halides is 2. The highest BCUT2D eigenvalue weighted by molar-refractivity contribution is 7.89. The van der Waals surface area contributed by atoms with E-state index in [1.165, 1.54) is 4.31 Å². The number of hydrogen-bond acceptors (Lipinski definition) is 4. The van der Waals surface area contributed by atoms with Gasteiger partial charge in [0, 0.05) is 51.1 Å². The zero-order valence-electron chi connectivity index (χ0n) is 17.6. The molecule has 3 rings (SSSR count). The van der Waals surface area contributed by atoms with E-state index < -0.39 is 62.5 Å². The first-order valence-electron chi connectivity index (χ1n) is 10.4. The van der Waals surface area contributed by atoms with Crippen LogP contribution in [0.5, 0.6) is 0 Å². The molecule has 1 aliphatic carbocycles. The first-order valence-corrected chi connectivity index (χ1v) is 12.4. The SMILES string of the molecule is CCS(=O)(=O)N1CCN(C2(CNC(=O)c3c(F)ccc(Cl)c3F)CCC(F)(F)CC2)CC1. The van der Waals surface area contributed by atoms with Gasteiger partial charge in [-0.25, -0.2) is 26.0 Å². The van der Waals surface area contributed by atoms with Crippen molar-refractivity contribution >= 4 is 27.5 Å². The number of nitrogens with one attached hydrogen (secondary N) is 1. The average molecular weight is 500 g/mol. The van der Waals surface area contributed by atoms with Crippen molar-refractivity contribution in [2.75, 3.05) is 38.5 Å². The molecule has 1 saturated carbocycles. The topological polar surface area (TPSA) is 69.7 Å². The van der Waals surface area contributed by atoms with Gasteiger partial charge in [-0.2, -0.15) is 4.31 Å². The van der Waals surface area contributed by atoms with Crippen molar-refractivity contribution in [3.63, 3.8) is 0 Å². The minimum Gasteiger partial charge on any atom is -0.350 e. The maximum absolute atomic E-state index is 14.2. The number of rotatable bonds is 6. The third kappa shape index (κ3) is 5.21. The number of sulfonamides is 1. The summed E-state index contributed by atoms with van der Waals surface area (Å²) < 4.78 is 81.7. The van der Waals surface area contributed by atoms with Gasteiger partial charge in [-0.1, -0.05) is 11.6 Å². The molecule has 0 unspecified atom stereocenters. The predicted molar refractivity (Wildman–Crippen MR) is 112 cm³/mol. The highest BCUT2D eigenvalue weighted by atomic mass is 35.5. The van der Waals surface area contributed by atoms with E-state index in [9.17, 15) is 30.8 Å². The lowest BCUT2D eigenvalue weighted by atomic mass is 9.78. The van der Waals surface area contributed by atoms with Gasteiger partial charge in [0.05, 0.1) is 10.8 Å². The molecule has 0 atom stereocenters. The molecule has 1 amide bonds. The predicted octanol–water partition coefficient (Wildman–Crippen LogP) is 3.26. The van der Waals surface area contributed by atoms with Crippen molar-refractivity contribution in [2.45, 2.75) is 44.1 Å². The fraction of sp³-hybridized carbons (Fsp3) is 0.650. The van der Waals surface area contributed by atoms with Crippen LogP contribution in [0.15, 0.2) is 12.1 Å². The molecule has 0 spiro atoms. The molecular weight excluding hydrogens is 474 g/mol. The normalized spacial score (nSPS) is 21.9. The number of hydrogen-bond donors (Lipinski definition) is 1. The van der Waals surface area contributed by atoms with Crippen LogP contribution in [0.1, 0.15) is 43.0 Å². The van der Waals surface area contributed by atoms with E-state index in [-0.39, 0.29) is 38.2 Å². The van der Waals surface area contributed by atoms with Crippen molar-refractivity contribution in [2.24, 2.45) is 0 Å². The number of piperazine rings is 1. The molecule has 6 nitrogen and oxygen atoms in total. The molecule has 1 heterocycles. The summed E-state index contributed by atoms with van der Waals surface area (Å²) in [6.07, 6.45) is -0.672. The van der Waals surface area contributed by atoms with Crippen LogP contribution in [0.25, 0.3) is 0 Å². The van der Waals surface area contributed by atoms with E-state index in [2.05, 4.69) is 5.32 Å². The van der Waals surface area contributed by atoms with E-state index in [1.54, 1.807) is 6.92 Å². The Morgan fingerprint density at radius 3 is 2.25 bits per heavy atom. The van der Waals surface area contributed by atoms with Crippen LogP contribution in [-0.4, -0.2) is 73.5 Å². The summed E-state index contributed by atoms with van der Waals surface area (Å²) in [5.41, 5.74) is -1.70. The highest BCUT2D eigenvalue weighted by Crippen LogP contribution is 2.42. The van der Waals surface area contributed by atoms with Gasteiger partial charge in [0.25, 0.3) is 5.91 Å². The molecule has 1 saturated heterocycles. The Labute approximate surface area is 189 Å². The number of nitrogens with zero attached hydrogens (tertiary/aromatic N) is 2. The molecule has 180 valence electrons. The highest BCUT2D eigenvalue weighted by Gasteiger charge is 2.47. The third-order valence-electron chi connectivity index (χ3n) is 6.43. The molecule has 0 radical (unpaired) electrons. The molecule has 0 aromatic heterocycles. The molecule has 1 N–H and O–H groups in total. The van der Waals surface area contributed by atoms with E-state index in [4.69, 9.17) is 11.6 Å². The monoisotopic (exact) mass is 499 g/mol. The molecule has 12 heteroatoms. The summed E-state index contributed by atoms with van der Waals surface area (Å²) in [6, 6.07) is 1.88. The van der Waals surface area contributed by atoms with E-state index in [1.807, 2.05) is 4.90 Å². The quantitative estimate of drug-likeness (QED) is 0.482. The molecule has 1 aromatic carbocycles. The third-order valence-corrected chi connectivity index (χ3v) is 8.60. The second-order valence-corrected chi connectivity index (χ2v) is 10.9. The molecule has 0 bridgehead atoms. The van der Waals surface area contributed by atoms with Gasteiger partial charge < -0.3 is 5.32 Å². The minimum atomic E-state index is -3.37. The zero-order valence-corrected chi connectivity index (χ0v) is 19.2. The van der Waals surface area contributed by atoms with Crippen molar-refractivity contribution in [1.29, 1.82) is 0 Å². The Morgan fingerprint density at radius 1 is 1.09 bits per heavy atom. The lowest BCUT2D eigenvalue weighted by molar-refractivity contribution is -0.0856. The number of carbonyl (C=O) groups excluding carboxylic acids is 1. The molecule has 1 aliphatic heterocycles. The van der Waals surface area contributed by atoms with Gasteiger partial charge in [0.2, 0.25) is 15.9 Å². The summed E-state index contributed by atoms with van der Waals surface area (Å²) >= 11 is 5.65. The maximum atomic E-state index is 14.2. The molecule has 1 aromatic rings. The number of carbonyl (C=O) groups is 1. The maximum Gasteiger partial charge on any atom is 0.257 e. The fourth-order valence-corrected chi connectivity index (χ4v) is 5.62. The fourth-order valence-electron chi connectivity index (χ4n) is 4.38. The Morgan fingerprint density at radius 2 is 1.69 bits per heavy atom. The van der Waals surface area contributed by atoms with Crippen LogP contribution in [0.3, 0.4) is 0 Å². The molecule has 2 aliphatic rings. The lowest BCUT2D eigenvalue weighted by Crippen LogP contribution is -2.63. The molecule has 2 fully saturated rings. The van der Waals surface area contributed by atoms with Crippen LogP contribution in [0.2, 0.25) is 5.02 Å². The Bertz CT molecular complexity index is 959. The first-order chi connectivity index (χ1) is 14.9. The van der Waals surface area contributed by atoms with E-state index in [0.29, 0.717) is 13.1 Å². The van der Waals surface area contributed by atoms with Crippen molar-refractivity contribution < 1.29 is 30.8 Å². The Balaban J connectivity index is 1.77. The summed E-state index contributed by atoms with van der Waals surface area (Å²) in [4.78, 5) is 14.5. The van der Waals surface area contributed by atoms with Crippen molar-refractivity contribution in [1.82, 2.24) is 14.5 Å². The van der Waals surface area contributed by atoms with Crippen LogP contribution >= 0.6 is 11.6 Å². The summed E-state index contributed by atoms with van der Waals surface area (Å²) in [6.45, 7) is 2.48. The van der Waals surface area contributed by atoms with Crippen molar-refractivity contribution in [3.05, 3.63) is 34.4 Å². The van der Waals surface area contributed by atoms with Gasteiger partial charge in [-0.3, -0.25) is 9.69 Å². The number of benzene rings is 1. The van der Waals surface area contributed by atoms with E-state index in [0.717, 1.165) is 12.1 Å². The van der Waals surface area contributed by atoms with Gasteiger partial charge in [-0.05, 0) is 31.9 Å². The largest absolute Gasteiger partial charge is 0.350 e. The molecular formula is C20H26ClF4N3O3S. The zero-order chi connectivity index (χ0) is 23.7. The van der Waals surface area contributed by atoms with Gasteiger partial charge in [0.15, 0.2) is 5.82 Å². The van der Waals surface area contributed by atoms with Crippen LogP contribution < -0.4 is 5.32 Å². The summed E-state index contributed by atoms with van der Waals surface area (Å²) in [7, 11) is -3.37. The molecule has 32 heavy (non-hydrogen) atoms. The number of amides is 1. The van der Waals surface area contributed by atoms with Gasteiger partial charge in [-0.15, -0.1) is 0 Å². The van der Waals surface area contributed by atoms with Crippen molar-refractivity contribution in [3.8, 4) is 0 Å². The number of halogens is 5. The van der Waals surface area contributed by atoms with Crippen LogP contribution in [0.4, 0.5) is 17.6 Å². The smallest absolute Gasteiger partial charge is 0.257 e.